The number of hydrogen-bond donors (Lipinski definition) is 1. The quantitative estimate of drug-likeness (QED) is 0.625. The van der Waals surface area contributed by atoms with Gasteiger partial charge in [0.25, 0.3) is 5.91 Å². The number of benzene rings is 2. The zero-order valence-corrected chi connectivity index (χ0v) is 15.7. The molecule has 0 fully saturated rings. The summed E-state index contributed by atoms with van der Waals surface area (Å²) >= 11 is 6.88. The van der Waals surface area contributed by atoms with Crippen LogP contribution in [0.2, 0.25) is 5.02 Å². The summed E-state index contributed by atoms with van der Waals surface area (Å²) in [6.07, 6.45) is 0. The number of hydrogen-bond acceptors (Lipinski definition) is 5. The number of carbonyl (C=O) groups excluding carboxylic acids is 2. The minimum Gasteiger partial charge on any atom is -0.452 e. The van der Waals surface area contributed by atoms with Crippen molar-refractivity contribution in [2.45, 2.75) is 6.92 Å². The van der Waals surface area contributed by atoms with Gasteiger partial charge >= 0.3 is 5.97 Å². The third-order valence-corrected chi connectivity index (χ3v) is 4.58. The van der Waals surface area contributed by atoms with Gasteiger partial charge in [-0.05, 0) is 25.1 Å². The van der Waals surface area contributed by atoms with Gasteiger partial charge in [0, 0.05) is 16.0 Å². The molecule has 0 aliphatic rings. The Labute approximate surface area is 163 Å². The number of carbonyl (C=O) groups is 2. The molecule has 0 saturated carbocycles. The highest BCUT2D eigenvalue weighted by molar-refractivity contribution is 7.14. The molecule has 0 aliphatic heterocycles. The highest BCUT2D eigenvalue weighted by Crippen LogP contribution is 2.25. The summed E-state index contributed by atoms with van der Waals surface area (Å²) in [7, 11) is 0. The molecule has 138 valence electrons. The van der Waals surface area contributed by atoms with Crippen LogP contribution in [0.4, 0.5) is 9.52 Å². The maximum absolute atomic E-state index is 13.7. The molecule has 1 N–H and O–H groups in total. The molecule has 0 bridgehead atoms. The fourth-order valence-electron chi connectivity index (χ4n) is 2.21. The van der Waals surface area contributed by atoms with Gasteiger partial charge in [0.1, 0.15) is 5.82 Å². The molecule has 3 aromatic rings. The fraction of sp³-hybridized carbons (Fsp3) is 0.105. The Morgan fingerprint density at radius 1 is 1.22 bits per heavy atom. The van der Waals surface area contributed by atoms with E-state index in [0.29, 0.717) is 5.13 Å². The Morgan fingerprint density at radius 2 is 1.96 bits per heavy atom. The molecule has 0 radical (unpaired) electrons. The maximum atomic E-state index is 13.7. The molecule has 8 heteroatoms. The molecule has 1 amide bonds. The summed E-state index contributed by atoms with van der Waals surface area (Å²) < 4.78 is 18.5. The van der Waals surface area contributed by atoms with Crippen LogP contribution in [0.1, 0.15) is 15.9 Å². The Morgan fingerprint density at radius 3 is 2.67 bits per heavy atom. The van der Waals surface area contributed by atoms with Crippen LogP contribution < -0.4 is 5.32 Å². The summed E-state index contributed by atoms with van der Waals surface area (Å²) in [5, 5.41) is 4.91. The average Bonchev–Trinajstić information content (AvgIpc) is 3.08. The number of rotatable bonds is 5. The van der Waals surface area contributed by atoms with Crippen molar-refractivity contribution in [3.05, 3.63) is 69.8 Å². The lowest BCUT2D eigenvalue weighted by atomic mass is 10.1. The molecule has 0 atom stereocenters. The SMILES string of the molecule is Cc1ccc(-c2csc(NC(=O)COC(=O)c3ccc(Cl)cc3F)n2)cc1. The molecule has 2 aromatic carbocycles. The summed E-state index contributed by atoms with van der Waals surface area (Å²) in [6, 6.07) is 11.4. The first-order valence-corrected chi connectivity index (χ1v) is 9.13. The van der Waals surface area contributed by atoms with Crippen LogP contribution in [0.15, 0.2) is 47.8 Å². The number of halogens is 2. The zero-order valence-electron chi connectivity index (χ0n) is 14.2. The Hall–Kier alpha value is -2.77. The molecule has 0 aliphatic carbocycles. The number of nitrogens with zero attached hydrogens (tertiary/aromatic N) is 1. The van der Waals surface area contributed by atoms with Gasteiger partial charge in [0.2, 0.25) is 0 Å². The van der Waals surface area contributed by atoms with E-state index in [4.69, 9.17) is 16.3 Å². The van der Waals surface area contributed by atoms with E-state index in [2.05, 4.69) is 10.3 Å². The first kappa shape index (κ1) is 19.0. The molecule has 0 saturated heterocycles. The van der Waals surface area contributed by atoms with Crippen molar-refractivity contribution in [3.8, 4) is 11.3 Å². The van der Waals surface area contributed by atoms with Crippen LogP contribution in [0.25, 0.3) is 11.3 Å². The lowest BCUT2D eigenvalue weighted by Crippen LogP contribution is -2.21. The number of esters is 1. The molecule has 3 rings (SSSR count). The predicted molar refractivity (Wildman–Crippen MR) is 103 cm³/mol. The van der Waals surface area contributed by atoms with Crippen LogP contribution in [-0.4, -0.2) is 23.5 Å². The van der Waals surface area contributed by atoms with Crippen molar-refractivity contribution >= 4 is 39.9 Å². The third-order valence-electron chi connectivity index (χ3n) is 3.58. The number of aromatic nitrogens is 1. The first-order chi connectivity index (χ1) is 12.9. The second kappa shape index (κ2) is 8.28. The van der Waals surface area contributed by atoms with Crippen LogP contribution in [-0.2, 0) is 9.53 Å². The van der Waals surface area contributed by atoms with Gasteiger partial charge in [-0.1, -0.05) is 41.4 Å². The zero-order chi connectivity index (χ0) is 19.4. The van der Waals surface area contributed by atoms with E-state index >= 15 is 0 Å². The van der Waals surface area contributed by atoms with Gasteiger partial charge in [-0.2, -0.15) is 0 Å². The molecule has 0 spiro atoms. The van der Waals surface area contributed by atoms with E-state index in [-0.39, 0.29) is 10.6 Å². The highest BCUT2D eigenvalue weighted by Gasteiger charge is 2.16. The van der Waals surface area contributed by atoms with Crippen molar-refractivity contribution in [2.24, 2.45) is 0 Å². The molecular weight excluding hydrogens is 391 g/mol. The maximum Gasteiger partial charge on any atom is 0.341 e. The van der Waals surface area contributed by atoms with Crippen molar-refractivity contribution in [1.82, 2.24) is 4.98 Å². The second-order valence-electron chi connectivity index (χ2n) is 5.65. The Balaban J connectivity index is 1.56. The smallest absolute Gasteiger partial charge is 0.341 e. The van der Waals surface area contributed by atoms with Gasteiger partial charge in [0.05, 0.1) is 11.3 Å². The summed E-state index contributed by atoms with van der Waals surface area (Å²) in [5.74, 6) is -2.32. The molecule has 27 heavy (non-hydrogen) atoms. The predicted octanol–water partition coefficient (Wildman–Crippen LogP) is 4.71. The van der Waals surface area contributed by atoms with Crippen LogP contribution in [0, 0.1) is 12.7 Å². The normalized spacial score (nSPS) is 10.5. The van der Waals surface area contributed by atoms with E-state index in [1.807, 2.05) is 36.6 Å². The van der Waals surface area contributed by atoms with E-state index < -0.39 is 24.3 Å². The van der Waals surface area contributed by atoms with E-state index in [1.54, 1.807) is 0 Å². The van der Waals surface area contributed by atoms with Crippen LogP contribution >= 0.6 is 22.9 Å². The Kier molecular flexibility index (Phi) is 5.83. The van der Waals surface area contributed by atoms with E-state index in [0.717, 1.165) is 22.9 Å². The number of nitrogens with one attached hydrogen (secondary N) is 1. The lowest BCUT2D eigenvalue weighted by Gasteiger charge is -2.05. The molecule has 1 heterocycles. The summed E-state index contributed by atoms with van der Waals surface area (Å²) in [4.78, 5) is 28.1. The minimum absolute atomic E-state index is 0.162. The standard InChI is InChI=1S/C19H14ClFN2O3S/c1-11-2-4-12(5-3-11)16-10-27-19(22-16)23-17(24)9-26-18(25)14-7-6-13(20)8-15(14)21/h2-8,10H,9H2,1H3,(H,22,23,24). The van der Waals surface area contributed by atoms with Gasteiger partial charge in [-0.15, -0.1) is 11.3 Å². The second-order valence-corrected chi connectivity index (χ2v) is 6.95. The van der Waals surface area contributed by atoms with Crippen LogP contribution in [0.3, 0.4) is 0 Å². The Bertz CT molecular complexity index is 989. The van der Waals surface area contributed by atoms with Crippen molar-refractivity contribution in [3.63, 3.8) is 0 Å². The number of anilines is 1. The molecule has 0 unspecified atom stereocenters. The van der Waals surface area contributed by atoms with Crippen LogP contribution in [0.5, 0.6) is 0 Å². The van der Waals surface area contributed by atoms with Gasteiger partial charge in [-0.25, -0.2) is 14.2 Å². The van der Waals surface area contributed by atoms with Crippen molar-refractivity contribution in [1.29, 1.82) is 0 Å². The average molecular weight is 405 g/mol. The number of ether oxygens (including phenoxy) is 1. The van der Waals surface area contributed by atoms with Gasteiger partial charge < -0.3 is 4.74 Å². The fourth-order valence-corrected chi connectivity index (χ4v) is 3.10. The minimum atomic E-state index is -0.946. The topological polar surface area (TPSA) is 68.3 Å². The van der Waals surface area contributed by atoms with E-state index in [1.165, 1.54) is 23.5 Å². The van der Waals surface area contributed by atoms with Gasteiger partial charge in [0.15, 0.2) is 11.7 Å². The number of aryl methyl sites for hydroxylation is 1. The summed E-state index contributed by atoms with van der Waals surface area (Å²) in [6.45, 7) is 1.44. The van der Waals surface area contributed by atoms with Crippen molar-refractivity contribution in [2.75, 3.05) is 11.9 Å². The first-order valence-electron chi connectivity index (χ1n) is 7.87. The highest BCUT2D eigenvalue weighted by atomic mass is 35.5. The summed E-state index contributed by atoms with van der Waals surface area (Å²) in [5.41, 5.74) is 2.52. The number of amides is 1. The van der Waals surface area contributed by atoms with Crippen molar-refractivity contribution < 1.29 is 18.7 Å². The molecule has 1 aromatic heterocycles. The lowest BCUT2D eigenvalue weighted by molar-refractivity contribution is -0.119. The third kappa shape index (κ3) is 4.90. The monoisotopic (exact) mass is 404 g/mol. The van der Waals surface area contributed by atoms with Gasteiger partial charge in [-0.3, -0.25) is 10.1 Å². The van der Waals surface area contributed by atoms with E-state index in [9.17, 15) is 14.0 Å². The molecule has 5 nitrogen and oxygen atoms in total. The molecular formula is C19H14ClFN2O3S. The number of thiazole rings is 1. The largest absolute Gasteiger partial charge is 0.452 e.